The number of aryl methyl sites for hydroxylation is 1. The third-order valence-electron chi connectivity index (χ3n) is 2.85. The number of halogens is 3. The van der Waals surface area contributed by atoms with Crippen LogP contribution in [0.2, 0.25) is 10.0 Å². The van der Waals surface area contributed by atoms with Crippen molar-refractivity contribution in [3.05, 3.63) is 57.3 Å². The van der Waals surface area contributed by atoms with Crippen LogP contribution in [0, 0.1) is 12.7 Å². The SMILES string of the molecule is Cc1cc(Sc2cc(Cl)ccc2Cl)c([C@H](C)O)cc1F. The number of hydrogen-bond donors (Lipinski definition) is 1. The van der Waals surface area contributed by atoms with Gasteiger partial charge in [0, 0.05) is 14.8 Å². The summed E-state index contributed by atoms with van der Waals surface area (Å²) in [6, 6.07) is 8.24. The minimum absolute atomic E-state index is 0.331. The molecule has 106 valence electrons. The molecule has 2 aromatic rings. The quantitative estimate of drug-likeness (QED) is 0.785. The molecule has 0 fully saturated rings. The van der Waals surface area contributed by atoms with E-state index in [2.05, 4.69) is 0 Å². The first kappa shape index (κ1) is 15.6. The molecule has 1 atom stereocenters. The van der Waals surface area contributed by atoms with Crippen molar-refractivity contribution in [1.82, 2.24) is 0 Å². The summed E-state index contributed by atoms with van der Waals surface area (Å²) in [7, 11) is 0. The van der Waals surface area contributed by atoms with E-state index >= 15 is 0 Å². The summed E-state index contributed by atoms with van der Waals surface area (Å²) in [5.74, 6) is -0.331. The second-order valence-corrected chi connectivity index (χ2v) is 6.42. The molecular weight excluding hydrogens is 318 g/mol. The van der Waals surface area contributed by atoms with Crippen LogP contribution in [-0.4, -0.2) is 5.11 Å². The van der Waals surface area contributed by atoms with E-state index in [1.165, 1.54) is 17.8 Å². The first-order chi connectivity index (χ1) is 9.38. The molecule has 0 amide bonds. The molecule has 1 N–H and O–H groups in total. The predicted octanol–water partition coefficient (Wildman–Crippen LogP) is 5.65. The summed E-state index contributed by atoms with van der Waals surface area (Å²) in [6.45, 7) is 3.29. The van der Waals surface area contributed by atoms with Gasteiger partial charge in [0.2, 0.25) is 0 Å². The maximum absolute atomic E-state index is 13.6. The molecular formula is C15H13Cl2FOS. The molecule has 0 bridgehead atoms. The van der Waals surface area contributed by atoms with E-state index in [9.17, 15) is 9.50 Å². The van der Waals surface area contributed by atoms with Crippen LogP contribution < -0.4 is 0 Å². The Hall–Kier alpha value is -0.740. The van der Waals surface area contributed by atoms with Gasteiger partial charge in [0.1, 0.15) is 5.82 Å². The van der Waals surface area contributed by atoms with Gasteiger partial charge in [0.15, 0.2) is 0 Å². The lowest BCUT2D eigenvalue weighted by Crippen LogP contribution is -1.97. The zero-order chi connectivity index (χ0) is 14.9. The standard InChI is InChI=1S/C15H13Cl2FOS/c1-8-5-14(11(9(2)19)7-13(8)18)20-15-6-10(16)3-4-12(15)17/h3-7,9,19H,1-2H3/t9-/m0/s1. The number of rotatable bonds is 3. The molecule has 0 aliphatic heterocycles. The van der Waals surface area contributed by atoms with Crippen LogP contribution in [0.1, 0.15) is 24.2 Å². The minimum Gasteiger partial charge on any atom is -0.389 e. The van der Waals surface area contributed by atoms with Crippen molar-refractivity contribution < 1.29 is 9.50 Å². The summed E-state index contributed by atoms with van der Waals surface area (Å²) in [4.78, 5) is 1.54. The number of hydrogen-bond acceptors (Lipinski definition) is 2. The van der Waals surface area contributed by atoms with Gasteiger partial charge in [-0.3, -0.25) is 0 Å². The van der Waals surface area contributed by atoms with Crippen LogP contribution in [0.25, 0.3) is 0 Å². The van der Waals surface area contributed by atoms with Crippen LogP contribution >= 0.6 is 35.0 Å². The van der Waals surface area contributed by atoms with E-state index in [4.69, 9.17) is 23.2 Å². The summed E-state index contributed by atoms with van der Waals surface area (Å²) >= 11 is 13.5. The lowest BCUT2D eigenvalue weighted by molar-refractivity contribution is 0.196. The van der Waals surface area contributed by atoms with E-state index < -0.39 is 6.10 Å². The third-order valence-corrected chi connectivity index (χ3v) is 4.66. The minimum atomic E-state index is -0.759. The molecule has 2 aromatic carbocycles. The van der Waals surface area contributed by atoms with Crippen LogP contribution in [0.3, 0.4) is 0 Å². The van der Waals surface area contributed by atoms with Gasteiger partial charge >= 0.3 is 0 Å². The average molecular weight is 331 g/mol. The average Bonchev–Trinajstić information content (AvgIpc) is 2.37. The van der Waals surface area contributed by atoms with Gasteiger partial charge in [-0.1, -0.05) is 35.0 Å². The van der Waals surface area contributed by atoms with Crippen molar-refractivity contribution in [2.24, 2.45) is 0 Å². The highest BCUT2D eigenvalue weighted by Gasteiger charge is 2.14. The lowest BCUT2D eigenvalue weighted by atomic mass is 10.1. The van der Waals surface area contributed by atoms with E-state index in [1.54, 1.807) is 38.1 Å². The van der Waals surface area contributed by atoms with Gasteiger partial charge < -0.3 is 5.11 Å². The fourth-order valence-corrected chi connectivity index (χ4v) is 3.40. The monoisotopic (exact) mass is 330 g/mol. The van der Waals surface area contributed by atoms with Gasteiger partial charge in [-0.2, -0.15) is 0 Å². The van der Waals surface area contributed by atoms with Crippen molar-refractivity contribution in [1.29, 1.82) is 0 Å². The van der Waals surface area contributed by atoms with E-state index in [-0.39, 0.29) is 5.82 Å². The first-order valence-electron chi connectivity index (χ1n) is 5.99. The van der Waals surface area contributed by atoms with Crippen molar-refractivity contribution in [3.8, 4) is 0 Å². The summed E-state index contributed by atoms with van der Waals surface area (Å²) in [5.41, 5.74) is 1.06. The Bertz CT molecular complexity index is 644. The van der Waals surface area contributed by atoms with Gasteiger partial charge in [-0.25, -0.2) is 4.39 Å². The Morgan fingerprint density at radius 1 is 1.15 bits per heavy atom. The van der Waals surface area contributed by atoms with Crippen LogP contribution in [-0.2, 0) is 0 Å². The Morgan fingerprint density at radius 2 is 1.85 bits per heavy atom. The molecule has 0 aliphatic carbocycles. The van der Waals surface area contributed by atoms with Crippen molar-refractivity contribution in [3.63, 3.8) is 0 Å². The zero-order valence-electron chi connectivity index (χ0n) is 11.0. The molecule has 0 aliphatic rings. The first-order valence-corrected chi connectivity index (χ1v) is 7.56. The van der Waals surface area contributed by atoms with Crippen molar-refractivity contribution in [2.75, 3.05) is 0 Å². The summed E-state index contributed by atoms with van der Waals surface area (Å²) < 4.78 is 13.6. The highest BCUT2D eigenvalue weighted by Crippen LogP contribution is 2.39. The molecule has 0 aromatic heterocycles. The number of benzene rings is 2. The normalized spacial score (nSPS) is 12.5. The Labute approximate surface area is 131 Å². The van der Waals surface area contributed by atoms with E-state index in [1.807, 2.05) is 0 Å². The maximum Gasteiger partial charge on any atom is 0.126 e. The molecule has 0 saturated heterocycles. The number of aliphatic hydroxyl groups is 1. The van der Waals surface area contributed by atoms with E-state index in [0.29, 0.717) is 21.2 Å². The molecule has 1 nitrogen and oxygen atoms in total. The Kier molecular flexibility index (Phi) is 4.97. The van der Waals surface area contributed by atoms with Crippen LogP contribution in [0.5, 0.6) is 0 Å². The van der Waals surface area contributed by atoms with Crippen LogP contribution in [0.4, 0.5) is 4.39 Å². The van der Waals surface area contributed by atoms with Crippen LogP contribution in [0.15, 0.2) is 40.1 Å². The summed E-state index contributed by atoms with van der Waals surface area (Å²) in [5, 5.41) is 10.9. The number of aliphatic hydroxyl groups excluding tert-OH is 1. The second-order valence-electron chi connectivity index (χ2n) is 4.49. The topological polar surface area (TPSA) is 20.2 Å². The highest BCUT2D eigenvalue weighted by molar-refractivity contribution is 7.99. The fourth-order valence-electron chi connectivity index (χ4n) is 1.76. The molecule has 0 radical (unpaired) electrons. The van der Waals surface area contributed by atoms with Gasteiger partial charge in [0.25, 0.3) is 0 Å². The van der Waals surface area contributed by atoms with E-state index in [0.717, 1.165) is 9.79 Å². The molecule has 20 heavy (non-hydrogen) atoms. The lowest BCUT2D eigenvalue weighted by Gasteiger charge is -2.14. The second kappa shape index (κ2) is 6.35. The summed E-state index contributed by atoms with van der Waals surface area (Å²) in [6.07, 6.45) is -0.759. The molecule has 0 unspecified atom stereocenters. The van der Waals surface area contributed by atoms with Crippen molar-refractivity contribution >= 4 is 35.0 Å². The zero-order valence-corrected chi connectivity index (χ0v) is 13.3. The van der Waals surface area contributed by atoms with Gasteiger partial charge in [-0.05, 0) is 55.3 Å². The largest absolute Gasteiger partial charge is 0.389 e. The molecule has 0 spiro atoms. The van der Waals surface area contributed by atoms with Gasteiger partial charge in [-0.15, -0.1) is 0 Å². The predicted molar refractivity (Wildman–Crippen MR) is 82.4 cm³/mol. The Morgan fingerprint density at radius 3 is 2.50 bits per heavy atom. The molecule has 2 rings (SSSR count). The third kappa shape index (κ3) is 3.47. The smallest absolute Gasteiger partial charge is 0.126 e. The van der Waals surface area contributed by atoms with Crippen molar-refractivity contribution in [2.45, 2.75) is 29.7 Å². The molecule has 0 saturated carbocycles. The molecule has 0 heterocycles. The highest BCUT2D eigenvalue weighted by atomic mass is 35.5. The van der Waals surface area contributed by atoms with Gasteiger partial charge in [0.05, 0.1) is 11.1 Å². The Balaban J connectivity index is 2.47. The maximum atomic E-state index is 13.6. The fraction of sp³-hybridized carbons (Fsp3) is 0.200. The molecule has 5 heteroatoms.